The van der Waals surface area contributed by atoms with E-state index in [1.54, 1.807) is 17.0 Å². The lowest BCUT2D eigenvalue weighted by molar-refractivity contribution is 0.101. The van der Waals surface area contributed by atoms with Gasteiger partial charge in [-0.15, -0.1) is 0 Å². The first-order valence-corrected chi connectivity index (χ1v) is 8.63. The fourth-order valence-corrected chi connectivity index (χ4v) is 3.11. The first-order chi connectivity index (χ1) is 13.1. The van der Waals surface area contributed by atoms with Gasteiger partial charge in [0.15, 0.2) is 16.9 Å². The Balaban J connectivity index is 1.74. The van der Waals surface area contributed by atoms with Gasteiger partial charge in [-0.3, -0.25) is 9.59 Å². The van der Waals surface area contributed by atoms with E-state index in [-0.39, 0.29) is 22.3 Å². The first-order valence-electron chi connectivity index (χ1n) is 8.63. The molecule has 0 fully saturated rings. The molecule has 5 heteroatoms. The second-order valence-electron chi connectivity index (χ2n) is 6.35. The van der Waals surface area contributed by atoms with E-state index < -0.39 is 0 Å². The Labute approximate surface area is 156 Å². The molecule has 5 nitrogen and oxygen atoms in total. The number of carbonyl (C=O) groups is 1. The van der Waals surface area contributed by atoms with Gasteiger partial charge in [-0.25, -0.2) is 9.97 Å². The lowest BCUT2D eigenvalue weighted by atomic mass is 10.0. The minimum absolute atomic E-state index is 0.129. The van der Waals surface area contributed by atoms with E-state index in [1.807, 2.05) is 30.3 Å². The largest absolute Gasteiger partial charge is 0.326 e. The van der Waals surface area contributed by atoms with Crippen molar-refractivity contribution < 1.29 is 4.79 Å². The van der Waals surface area contributed by atoms with Crippen molar-refractivity contribution >= 4 is 16.9 Å². The average molecular weight is 355 g/mol. The number of hydrogen-bond acceptors (Lipinski definition) is 4. The van der Waals surface area contributed by atoms with Crippen molar-refractivity contribution in [2.75, 3.05) is 0 Å². The van der Waals surface area contributed by atoms with Crippen LogP contribution in [0.5, 0.6) is 0 Å². The summed E-state index contributed by atoms with van der Waals surface area (Å²) >= 11 is 0. The zero-order chi connectivity index (χ0) is 18.8. The molecule has 0 saturated carbocycles. The fourth-order valence-electron chi connectivity index (χ4n) is 3.11. The van der Waals surface area contributed by atoms with Gasteiger partial charge in [-0.05, 0) is 23.6 Å². The molecule has 2 aromatic carbocycles. The van der Waals surface area contributed by atoms with Crippen LogP contribution in [0.3, 0.4) is 0 Å². The summed E-state index contributed by atoms with van der Waals surface area (Å²) in [6.45, 7) is 1.88. The number of Topliss-reactive ketones (excluding diaryl/α,β-unsaturated/α-hetero) is 1. The lowest BCUT2D eigenvalue weighted by Gasteiger charge is -2.12. The molecule has 0 bridgehead atoms. The molecule has 27 heavy (non-hydrogen) atoms. The van der Waals surface area contributed by atoms with Gasteiger partial charge in [0.2, 0.25) is 5.43 Å². The molecule has 0 amide bonds. The molecule has 0 radical (unpaired) electrons. The van der Waals surface area contributed by atoms with Gasteiger partial charge in [0.25, 0.3) is 0 Å². The molecule has 0 N–H and O–H groups in total. The Morgan fingerprint density at radius 3 is 2.30 bits per heavy atom. The second-order valence-corrected chi connectivity index (χ2v) is 6.35. The summed E-state index contributed by atoms with van der Waals surface area (Å²) in [6.07, 6.45) is 4.59. The smallest absolute Gasteiger partial charge is 0.220 e. The number of fused-ring (bicyclic) bond motifs is 1. The van der Waals surface area contributed by atoms with Crippen molar-refractivity contribution in [3.05, 3.63) is 94.5 Å². The highest BCUT2D eigenvalue weighted by atomic mass is 16.1. The Bertz CT molecular complexity index is 1180. The second kappa shape index (κ2) is 6.96. The topological polar surface area (TPSA) is 64.8 Å². The number of carbonyl (C=O) groups excluding carboxylic acids is 1. The SMILES string of the molecule is CC(=O)c1cn(Cc2ccc(-c3ccccc3)cc2)c2nccnc2c1=O. The molecule has 0 spiro atoms. The zero-order valence-electron chi connectivity index (χ0n) is 14.8. The summed E-state index contributed by atoms with van der Waals surface area (Å²) in [5.41, 5.74) is 3.77. The van der Waals surface area contributed by atoms with Crippen LogP contribution in [0.25, 0.3) is 22.3 Å². The van der Waals surface area contributed by atoms with Crippen molar-refractivity contribution in [3.63, 3.8) is 0 Å². The quantitative estimate of drug-likeness (QED) is 0.524. The highest BCUT2D eigenvalue weighted by Gasteiger charge is 2.14. The molecule has 0 aliphatic rings. The van der Waals surface area contributed by atoms with Crippen molar-refractivity contribution in [2.24, 2.45) is 0 Å². The number of rotatable bonds is 4. The van der Waals surface area contributed by atoms with E-state index in [0.717, 1.165) is 16.7 Å². The van der Waals surface area contributed by atoms with Crippen LogP contribution < -0.4 is 5.43 Å². The maximum absolute atomic E-state index is 12.4. The number of nitrogens with zero attached hydrogens (tertiary/aromatic N) is 3. The molecule has 0 aliphatic carbocycles. The number of aromatic nitrogens is 3. The van der Waals surface area contributed by atoms with Gasteiger partial charge < -0.3 is 4.57 Å². The van der Waals surface area contributed by atoms with E-state index in [4.69, 9.17) is 0 Å². The van der Waals surface area contributed by atoms with Crippen LogP contribution in [-0.4, -0.2) is 20.3 Å². The number of pyridine rings is 1. The highest BCUT2D eigenvalue weighted by molar-refractivity contribution is 5.96. The molecular weight excluding hydrogens is 338 g/mol. The van der Waals surface area contributed by atoms with Gasteiger partial charge in [-0.2, -0.15) is 0 Å². The van der Waals surface area contributed by atoms with Crippen LogP contribution in [0.1, 0.15) is 22.8 Å². The Kier molecular flexibility index (Phi) is 4.34. The Morgan fingerprint density at radius 1 is 0.926 bits per heavy atom. The third-order valence-electron chi connectivity index (χ3n) is 4.49. The molecule has 4 rings (SSSR count). The number of benzene rings is 2. The van der Waals surface area contributed by atoms with E-state index >= 15 is 0 Å². The van der Waals surface area contributed by atoms with Crippen molar-refractivity contribution in [3.8, 4) is 11.1 Å². The maximum atomic E-state index is 12.4. The van der Waals surface area contributed by atoms with Gasteiger partial charge >= 0.3 is 0 Å². The zero-order valence-corrected chi connectivity index (χ0v) is 14.8. The Hall–Kier alpha value is -3.60. The molecule has 0 aliphatic heterocycles. The van der Waals surface area contributed by atoms with Gasteiger partial charge in [0.1, 0.15) is 0 Å². The molecule has 2 heterocycles. The monoisotopic (exact) mass is 355 g/mol. The van der Waals surface area contributed by atoms with E-state index in [1.165, 1.54) is 13.1 Å². The van der Waals surface area contributed by atoms with Crippen LogP contribution in [0, 0.1) is 0 Å². The molecule has 0 saturated heterocycles. The standard InChI is InChI=1S/C22H17N3O2/c1-15(26)19-14-25(22-20(21(19)27)23-11-12-24-22)13-16-7-9-18(10-8-16)17-5-3-2-4-6-17/h2-12,14H,13H2,1H3. The van der Waals surface area contributed by atoms with E-state index in [9.17, 15) is 9.59 Å². The minimum Gasteiger partial charge on any atom is -0.326 e. The third-order valence-corrected chi connectivity index (χ3v) is 4.49. The number of hydrogen-bond donors (Lipinski definition) is 0. The average Bonchev–Trinajstić information content (AvgIpc) is 2.71. The lowest BCUT2D eigenvalue weighted by Crippen LogP contribution is -2.19. The number of ketones is 1. The van der Waals surface area contributed by atoms with Crippen LogP contribution >= 0.6 is 0 Å². The van der Waals surface area contributed by atoms with Crippen molar-refractivity contribution in [1.29, 1.82) is 0 Å². The molecule has 2 aromatic heterocycles. The Morgan fingerprint density at radius 2 is 1.59 bits per heavy atom. The fraction of sp³-hybridized carbons (Fsp3) is 0.0909. The van der Waals surface area contributed by atoms with E-state index in [0.29, 0.717) is 12.2 Å². The summed E-state index contributed by atoms with van der Waals surface area (Å²) in [5.74, 6) is -0.277. The highest BCUT2D eigenvalue weighted by Crippen LogP contribution is 2.20. The summed E-state index contributed by atoms with van der Waals surface area (Å²) in [7, 11) is 0. The molecule has 0 atom stereocenters. The van der Waals surface area contributed by atoms with Crippen LogP contribution in [0.4, 0.5) is 0 Å². The third kappa shape index (κ3) is 3.27. The normalized spacial score (nSPS) is 10.9. The van der Waals surface area contributed by atoms with E-state index in [2.05, 4.69) is 34.2 Å². The maximum Gasteiger partial charge on any atom is 0.220 e. The van der Waals surface area contributed by atoms with Crippen molar-refractivity contribution in [2.45, 2.75) is 13.5 Å². The van der Waals surface area contributed by atoms with Crippen LogP contribution in [0.15, 0.2) is 78.0 Å². The first kappa shape index (κ1) is 16.8. The molecule has 132 valence electrons. The predicted molar refractivity (Wildman–Crippen MR) is 105 cm³/mol. The summed E-state index contributed by atoms with van der Waals surface area (Å²) in [4.78, 5) is 32.7. The van der Waals surface area contributed by atoms with Crippen LogP contribution in [-0.2, 0) is 6.54 Å². The van der Waals surface area contributed by atoms with Gasteiger partial charge in [-0.1, -0.05) is 54.6 Å². The minimum atomic E-state index is -0.374. The summed E-state index contributed by atoms with van der Waals surface area (Å²) < 4.78 is 1.80. The molecule has 4 aromatic rings. The van der Waals surface area contributed by atoms with Crippen LogP contribution in [0.2, 0.25) is 0 Å². The summed E-state index contributed by atoms with van der Waals surface area (Å²) in [6, 6.07) is 18.4. The molecule has 0 unspecified atom stereocenters. The van der Waals surface area contributed by atoms with Gasteiger partial charge in [0, 0.05) is 25.1 Å². The summed E-state index contributed by atoms with van der Waals surface area (Å²) in [5, 5.41) is 0. The predicted octanol–water partition coefficient (Wildman–Crippen LogP) is 3.71. The van der Waals surface area contributed by atoms with Crippen molar-refractivity contribution in [1.82, 2.24) is 14.5 Å². The van der Waals surface area contributed by atoms with Gasteiger partial charge in [0.05, 0.1) is 5.56 Å². The molecular formula is C22H17N3O2.